The predicted molar refractivity (Wildman–Crippen MR) is 145 cm³/mol. The van der Waals surface area contributed by atoms with E-state index in [0.29, 0.717) is 35.1 Å². The third-order valence-corrected chi connectivity index (χ3v) is 7.43. The van der Waals surface area contributed by atoms with E-state index in [9.17, 15) is 18.4 Å². The number of imidazole rings is 1. The van der Waals surface area contributed by atoms with E-state index < -0.39 is 17.2 Å². The first-order valence-electron chi connectivity index (χ1n) is 13.6. The largest absolute Gasteiger partial charge is 0.485 e. The van der Waals surface area contributed by atoms with Crippen molar-refractivity contribution in [2.24, 2.45) is 5.41 Å². The molecule has 0 spiro atoms. The molecule has 0 saturated heterocycles. The molecule has 2 aromatic heterocycles. The highest BCUT2D eigenvalue weighted by Gasteiger charge is 2.31. The molecule has 0 amide bonds. The van der Waals surface area contributed by atoms with Gasteiger partial charge < -0.3 is 9.47 Å². The fourth-order valence-corrected chi connectivity index (χ4v) is 4.80. The van der Waals surface area contributed by atoms with E-state index in [1.807, 2.05) is 46.9 Å². The average molecular weight is 541 g/mol. The lowest BCUT2D eigenvalue weighted by Crippen LogP contribution is -2.29. The van der Waals surface area contributed by atoms with E-state index >= 15 is 0 Å². The van der Waals surface area contributed by atoms with Gasteiger partial charge in [0.1, 0.15) is 29.5 Å². The molecule has 8 heteroatoms. The van der Waals surface area contributed by atoms with Crippen LogP contribution in [0.25, 0.3) is 5.65 Å². The van der Waals surface area contributed by atoms with Crippen LogP contribution >= 0.6 is 0 Å². The molecule has 1 aliphatic rings. The number of carbonyl (C=O) groups is 2. The maximum absolute atomic E-state index is 14.2. The van der Waals surface area contributed by atoms with Gasteiger partial charge in [-0.15, -0.1) is 0 Å². The standard InChI is InChI=1S/C31H38F2N2O4/c1-7-31(6,16-27(37)39-30(3,4)5)14-13-25(36)28-19(2)34-29-26(15-21(17-35(28)29)20-11-12-20)38-18-22-23(32)9-8-10-24(22)33/h8-10,15,17,20H,7,11-14,16,18H2,1-6H3. The number of aromatic nitrogens is 2. The summed E-state index contributed by atoms with van der Waals surface area (Å²) in [5, 5.41) is 0. The van der Waals surface area contributed by atoms with Crippen LogP contribution in [0, 0.1) is 24.0 Å². The van der Waals surface area contributed by atoms with Gasteiger partial charge in [-0.25, -0.2) is 13.8 Å². The van der Waals surface area contributed by atoms with E-state index in [0.717, 1.165) is 24.8 Å². The van der Waals surface area contributed by atoms with Crippen molar-refractivity contribution in [2.45, 2.75) is 98.2 Å². The van der Waals surface area contributed by atoms with Gasteiger partial charge >= 0.3 is 5.97 Å². The summed E-state index contributed by atoms with van der Waals surface area (Å²) >= 11 is 0. The maximum Gasteiger partial charge on any atom is 0.306 e. The molecular formula is C31H38F2N2O4. The molecular weight excluding hydrogens is 502 g/mol. The molecule has 1 saturated carbocycles. The number of ketones is 1. The summed E-state index contributed by atoms with van der Waals surface area (Å²) in [6.07, 6.45) is 5.71. The number of aryl methyl sites for hydroxylation is 1. The molecule has 2 heterocycles. The smallest absolute Gasteiger partial charge is 0.306 e. The Hall–Kier alpha value is -3.29. The summed E-state index contributed by atoms with van der Waals surface area (Å²) in [7, 11) is 0. The molecule has 210 valence electrons. The molecule has 1 fully saturated rings. The quantitative estimate of drug-likeness (QED) is 0.186. The van der Waals surface area contributed by atoms with Gasteiger partial charge in [0.25, 0.3) is 0 Å². The van der Waals surface area contributed by atoms with Crippen molar-refractivity contribution in [2.75, 3.05) is 0 Å². The Labute approximate surface area is 228 Å². The number of benzene rings is 1. The van der Waals surface area contributed by atoms with Gasteiger partial charge in [0.2, 0.25) is 0 Å². The molecule has 0 radical (unpaired) electrons. The number of halogens is 2. The third-order valence-electron chi connectivity index (χ3n) is 7.43. The first kappa shape index (κ1) is 28.7. The fourth-order valence-electron chi connectivity index (χ4n) is 4.80. The molecule has 1 unspecified atom stereocenters. The second kappa shape index (κ2) is 11.1. The van der Waals surface area contributed by atoms with Crippen molar-refractivity contribution >= 4 is 17.4 Å². The number of fused-ring (bicyclic) bond motifs is 1. The van der Waals surface area contributed by atoms with E-state index in [4.69, 9.17) is 9.47 Å². The van der Waals surface area contributed by atoms with Crippen LogP contribution in [0.5, 0.6) is 5.75 Å². The number of Topliss-reactive ketones (excluding diaryl/α,β-unsaturated/α-hetero) is 1. The number of ether oxygens (including phenoxy) is 2. The van der Waals surface area contributed by atoms with Gasteiger partial charge in [0, 0.05) is 12.6 Å². The Bertz CT molecular complexity index is 1370. The number of carbonyl (C=O) groups excluding carboxylic acids is 2. The number of hydrogen-bond acceptors (Lipinski definition) is 5. The lowest BCUT2D eigenvalue weighted by atomic mass is 9.79. The topological polar surface area (TPSA) is 69.9 Å². The van der Waals surface area contributed by atoms with Crippen molar-refractivity contribution in [1.82, 2.24) is 9.38 Å². The van der Waals surface area contributed by atoms with Crippen molar-refractivity contribution in [3.05, 3.63) is 64.6 Å². The van der Waals surface area contributed by atoms with Crippen molar-refractivity contribution in [3.8, 4) is 5.75 Å². The second-order valence-corrected chi connectivity index (χ2v) is 12.0. The van der Waals surface area contributed by atoms with Gasteiger partial charge in [-0.1, -0.05) is 26.3 Å². The van der Waals surface area contributed by atoms with Gasteiger partial charge in [-0.3, -0.25) is 14.0 Å². The van der Waals surface area contributed by atoms with Crippen LogP contribution in [0.3, 0.4) is 0 Å². The summed E-state index contributed by atoms with van der Waals surface area (Å²) in [6, 6.07) is 5.57. The van der Waals surface area contributed by atoms with E-state index in [1.54, 1.807) is 11.3 Å². The normalized spacial score (nSPS) is 15.3. The Balaban J connectivity index is 1.58. The molecule has 1 atom stereocenters. The molecule has 6 nitrogen and oxygen atoms in total. The summed E-state index contributed by atoms with van der Waals surface area (Å²) in [5.41, 5.74) is 1.35. The minimum Gasteiger partial charge on any atom is -0.485 e. The van der Waals surface area contributed by atoms with Gasteiger partial charge in [-0.2, -0.15) is 0 Å². The maximum atomic E-state index is 14.2. The summed E-state index contributed by atoms with van der Waals surface area (Å²) in [4.78, 5) is 30.7. The summed E-state index contributed by atoms with van der Waals surface area (Å²) in [5.74, 6) is -0.970. The Morgan fingerprint density at radius 3 is 2.38 bits per heavy atom. The van der Waals surface area contributed by atoms with Crippen LogP contribution in [0.1, 0.15) is 106 Å². The lowest BCUT2D eigenvalue weighted by molar-refractivity contribution is -0.157. The molecule has 0 aliphatic heterocycles. The van der Waals surface area contributed by atoms with Crippen molar-refractivity contribution in [1.29, 1.82) is 0 Å². The van der Waals surface area contributed by atoms with E-state index in [2.05, 4.69) is 4.98 Å². The summed E-state index contributed by atoms with van der Waals surface area (Å²) in [6.45, 7) is 11.0. The fraction of sp³-hybridized carbons (Fsp3) is 0.516. The van der Waals surface area contributed by atoms with E-state index in [-0.39, 0.29) is 42.2 Å². The van der Waals surface area contributed by atoms with Crippen LogP contribution in [-0.4, -0.2) is 26.7 Å². The minimum absolute atomic E-state index is 0.0806. The lowest BCUT2D eigenvalue weighted by Gasteiger charge is -2.29. The molecule has 0 N–H and O–H groups in total. The minimum atomic E-state index is -0.676. The third kappa shape index (κ3) is 6.84. The molecule has 39 heavy (non-hydrogen) atoms. The first-order chi connectivity index (χ1) is 18.3. The van der Waals surface area contributed by atoms with E-state index in [1.165, 1.54) is 18.2 Å². The monoisotopic (exact) mass is 540 g/mol. The Morgan fingerprint density at radius 1 is 1.13 bits per heavy atom. The van der Waals surface area contributed by atoms with Crippen LogP contribution in [-0.2, 0) is 16.1 Å². The van der Waals surface area contributed by atoms with Crippen LogP contribution in [0.2, 0.25) is 0 Å². The molecule has 1 aromatic carbocycles. The molecule has 3 aromatic rings. The van der Waals surface area contributed by atoms with Crippen molar-refractivity contribution < 1.29 is 27.8 Å². The zero-order valence-corrected chi connectivity index (χ0v) is 23.7. The SMILES string of the molecule is CCC(C)(CCC(=O)c1c(C)nc2c(OCc3c(F)cccc3F)cc(C3CC3)cn12)CC(=O)OC(C)(C)C. The molecule has 4 rings (SSSR count). The number of nitrogens with zero attached hydrogens (tertiary/aromatic N) is 2. The Kier molecular flexibility index (Phi) is 8.14. The Morgan fingerprint density at radius 2 is 1.79 bits per heavy atom. The van der Waals surface area contributed by atoms with Crippen molar-refractivity contribution in [3.63, 3.8) is 0 Å². The predicted octanol–water partition coefficient (Wildman–Crippen LogP) is 7.49. The van der Waals surface area contributed by atoms with Crippen LogP contribution in [0.4, 0.5) is 8.78 Å². The van der Waals surface area contributed by atoms with Gasteiger partial charge in [-0.05, 0) is 82.1 Å². The number of rotatable bonds is 11. The summed E-state index contributed by atoms with van der Waals surface area (Å²) < 4.78 is 41.6. The van der Waals surface area contributed by atoms with Gasteiger partial charge in [0.15, 0.2) is 17.2 Å². The highest BCUT2D eigenvalue weighted by molar-refractivity contribution is 5.96. The van der Waals surface area contributed by atoms with Gasteiger partial charge in [0.05, 0.1) is 17.7 Å². The zero-order valence-electron chi connectivity index (χ0n) is 23.7. The zero-order chi connectivity index (χ0) is 28.5. The number of pyridine rings is 1. The van der Waals surface area contributed by atoms with Crippen LogP contribution in [0.15, 0.2) is 30.5 Å². The highest BCUT2D eigenvalue weighted by atomic mass is 19.1. The average Bonchev–Trinajstić information content (AvgIpc) is 3.63. The molecule has 1 aliphatic carbocycles. The first-order valence-corrected chi connectivity index (χ1v) is 13.6. The highest BCUT2D eigenvalue weighted by Crippen LogP contribution is 2.42. The number of hydrogen-bond donors (Lipinski definition) is 0. The number of esters is 1. The molecule has 0 bridgehead atoms. The van der Waals surface area contributed by atoms with Crippen LogP contribution < -0.4 is 4.74 Å². The second-order valence-electron chi connectivity index (χ2n) is 12.0.